The number of nitrogens with one attached hydrogen (secondary N) is 1. The van der Waals surface area contributed by atoms with Crippen LogP contribution in [0.1, 0.15) is 52.4 Å². The number of unbranched alkanes of at least 4 members (excludes halogenated alkanes) is 1. The Morgan fingerprint density at radius 1 is 1.48 bits per heavy atom. The second-order valence-electron chi connectivity index (χ2n) is 6.44. The molecule has 0 radical (unpaired) electrons. The number of carbonyl (C=O) groups is 1. The van der Waals surface area contributed by atoms with Gasteiger partial charge in [0.2, 0.25) is 5.88 Å². The first-order valence-corrected chi connectivity index (χ1v) is 8.55. The van der Waals surface area contributed by atoms with Gasteiger partial charge in [-0.2, -0.15) is 0 Å². The molecule has 5 nitrogen and oxygen atoms in total. The summed E-state index contributed by atoms with van der Waals surface area (Å²) in [6, 6.07) is 3.61. The Balaban J connectivity index is 1.96. The fourth-order valence-corrected chi connectivity index (χ4v) is 3.09. The van der Waals surface area contributed by atoms with Crippen LogP contribution in [-0.2, 0) is 9.53 Å². The van der Waals surface area contributed by atoms with E-state index in [1.54, 1.807) is 19.4 Å². The van der Waals surface area contributed by atoms with Gasteiger partial charge in [0.1, 0.15) is 5.60 Å². The van der Waals surface area contributed by atoms with E-state index in [1.807, 2.05) is 6.07 Å². The van der Waals surface area contributed by atoms with Crippen LogP contribution < -0.4 is 10.1 Å². The van der Waals surface area contributed by atoms with Gasteiger partial charge in [-0.1, -0.05) is 26.7 Å². The van der Waals surface area contributed by atoms with E-state index in [1.165, 1.54) is 0 Å². The van der Waals surface area contributed by atoms with Crippen molar-refractivity contribution in [3.05, 3.63) is 18.3 Å². The van der Waals surface area contributed by atoms with Gasteiger partial charge in [-0.15, -0.1) is 0 Å². The molecule has 2 rings (SSSR count). The topological polar surface area (TPSA) is 60.5 Å². The van der Waals surface area contributed by atoms with Crippen molar-refractivity contribution in [3.8, 4) is 5.88 Å². The fraction of sp³-hybridized carbons (Fsp3) is 0.667. The summed E-state index contributed by atoms with van der Waals surface area (Å²) in [6.07, 6.45) is 7.44. The lowest BCUT2D eigenvalue weighted by molar-refractivity contribution is -0.143. The monoisotopic (exact) mass is 320 g/mol. The molecular weight excluding hydrogens is 292 g/mol. The zero-order chi connectivity index (χ0) is 16.7. The highest BCUT2D eigenvalue weighted by atomic mass is 16.5. The lowest BCUT2D eigenvalue weighted by Crippen LogP contribution is -2.47. The van der Waals surface area contributed by atoms with E-state index >= 15 is 0 Å². The van der Waals surface area contributed by atoms with Crippen LogP contribution in [0.2, 0.25) is 0 Å². The second kappa shape index (κ2) is 8.29. The predicted molar refractivity (Wildman–Crippen MR) is 90.6 cm³/mol. The molecule has 128 valence electrons. The summed E-state index contributed by atoms with van der Waals surface area (Å²) in [5.41, 5.74) is -0.0407. The molecule has 1 saturated carbocycles. The molecule has 1 aromatic heterocycles. The van der Waals surface area contributed by atoms with Crippen LogP contribution >= 0.6 is 0 Å². The number of hydrogen-bond donors (Lipinski definition) is 1. The lowest BCUT2D eigenvalue weighted by Gasteiger charge is -2.37. The summed E-state index contributed by atoms with van der Waals surface area (Å²) >= 11 is 0. The normalized spacial score (nSPS) is 24.2. The lowest BCUT2D eigenvalue weighted by atomic mass is 9.78. The van der Waals surface area contributed by atoms with Crippen molar-refractivity contribution in [1.82, 2.24) is 4.98 Å². The average molecular weight is 320 g/mol. The standard InChI is InChI=1S/C18H28N2O3/c1-4-5-11-23-16-9-8-15(13-19-16)20-17(21)18(22-3)10-6-7-14(2)12-18/h8-9,13-14H,4-7,10-12H2,1-3H3,(H,20,21)/t14-,18+/m0/s1. The van der Waals surface area contributed by atoms with Crippen LogP contribution in [0.3, 0.4) is 0 Å². The molecule has 1 aliphatic rings. The first kappa shape index (κ1) is 17.7. The van der Waals surface area contributed by atoms with Gasteiger partial charge in [-0.05, 0) is 37.7 Å². The van der Waals surface area contributed by atoms with Gasteiger partial charge in [-0.3, -0.25) is 4.79 Å². The van der Waals surface area contributed by atoms with Crippen LogP contribution in [0.4, 0.5) is 5.69 Å². The van der Waals surface area contributed by atoms with E-state index in [0.29, 0.717) is 24.1 Å². The number of ether oxygens (including phenoxy) is 2. The van der Waals surface area contributed by atoms with Crippen LogP contribution in [0.15, 0.2) is 18.3 Å². The Morgan fingerprint density at radius 2 is 2.30 bits per heavy atom. The Kier molecular flexibility index (Phi) is 6.39. The minimum absolute atomic E-state index is 0.0759. The summed E-state index contributed by atoms with van der Waals surface area (Å²) in [4.78, 5) is 16.9. The van der Waals surface area contributed by atoms with Gasteiger partial charge in [0.15, 0.2) is 0 Å². The molecular formula is C18H28N2O3. The number of carbonyl (C=O) groups excluding carboxylic acids is 1. The van der Waals surface area contributed by atoms with E-state index in [2.05, 4.69) is 24.1 Å². The maximum Gasteiger partial charge on any atom is 0.256 e. The summed E-state index contributed by atoms with van der Waals surface area (Å²) in [5, 5.41) is 2.94. The molecule has 2 atom stereocenters. The number of pyridine rings is 1. The molecule has 0 saturated heterocycles. The molecule has 1 N–H and O–H groups in total. The smallest absolute Gasteiger partial charge is 0.256 e. The van der Waals surface area contributed by atoms with E-state index < -0.39 is 5.60 Å². The molecule has 0 aliphatic heterocycles. The van der Waals surface area contributed by atoms with Gasteiger partial charge in [0, 0.05) is 13.2 Å². The zero-order valence-electron chi connectivity index (χ0n) is 14.4. The third-order valence-corrected chi connectivity index (χ3v) is 4.50. The van der Waals surface area contributed by atoms with E-state index in [4.69, 9.17) is 9.47 Å². The van der Waals surface area contributed by atoms with Gasteiger partial charge >= 0.3 is 0 Å². The first-order valence-electron chi connectivity index (χ1n) is 8.55. The minimum atomic E-state index is -0.714. The van der Waals surface area contributed by atoms with Crippen molar-refractivity contribution >= 4 is 11.6 Å². The molecule has 1 aromatic rings. The maximum absolute atomic E-state index is 12.7. The first-order chi connectivity index (χ1) is 11.1. The Morgan fingerprint density at radius 3 is 2.91 bits per heavy atom. The Labute approximate surface area is 138 Å². The summed E-state index contributed by atoms with van der Waals surface area (Å²) in [6.45, 7) is 4.96. The molecule has 0 aromatic carbocycles. The van der Waals surface area contributed by atoms with Crippen molar-refractivity contribution < 1.29 is 14.3 Å². The van der Waals surface area contributed by atoms with Gasteiger partial charge in [0.05, 0.1) is 18.5 Å². The zero-order valence-corrected chi connectivity index (χ0v) is 14.4. The van der Waals surface area contributed by atoms with Crippen molar-refractivity contribution in [2.75, 3.05) is 19.0 Å². The second-order valence-corrected chi connectivity index (χ2v) is 6.44. The molecule has 1 fully saturated rings. The minimum Gasteiger partial charge on any atom is -0.478 e. The van der Waals surface area contributed by atoms with Crippen LogP contribution in [0, 0.1) is 5.92 Å². The molecule has 1 aliphatic carbocycles. The summed E-state index contributed by atoms with van der Waals surface area (Å²) in [7, 11) is 1.63. The largest absolute Gasteiger partial charge is 0.478 e. The fourth-order valence-electron chi connectivity index (χ4n) is 3.09. The highest BCUT2D eigenvalue weighted by Crippen LogP contribution is 2.35. The third-order valence-electron chi connectivity index (χ3n) is 4.50. The molecule has 5 heteroatoms. The van der Waals surface area contributed by atoms with Gasteiger partial charge in [-0.25, -0.2) is 4.98 Å². The molecule has 0 spiro atoms. The van der Waals surface area contributed by atoms with Crippen molar-refractivity contribution in [2.24, 2.45) is 5.92 Å². The number of amides is 1. The van der Waals surface area contributed by atoms with Crippen molar-refractivity contribution in [2.45, 2.75) is 58.0 Å². The number of rotatable bonds is 7. The molecule has 0 unspecified atom stereocenters. The highest BCUT2D eigenvalue weighted by molar-refractivity contribution is 5.97. The van der Waals surface area contributed by atoms with Crippen LogP contribution in [-0.4, -0.2) is 30.2 Å². The molecule has 1 heterocycles. The van der Waals surface area contributed by atoms with Crippen LogP contribution in [0.5, 0.6) is 5.88 Å². The number of aromatic nitrogens is 1. The number of methoxy groups -OCH3 is 1. The SMILES string of the molecule is CCCCOc1ccc(NC(=O)[C@@]2(OC)CCC[C@H](C)C2)cn1. The van der Waals surface area contributed by atoms with E-state index in [0.717, 1.165) is 38.5 Å². The van der Waals surface area contributed by atoms with Crippen molar-refractivity contribution in [3.63, 3.8) is 0 Å². The Bertz CT molecular complexity index is 503. The van der Waals surface area contributed by atoms with E-state index in [-0.39, 0.29) is 5.91 Å². The molecule has 23 heavy (non-hydrogen) atoms. The molecule has 1 amide bonds. The number of hydrogen-bond acceptors (Lipinski definition) is 4. The van der Waals surface area contributed by atoms with Crippen molar-refractivity contribution in [1.29, 1.82) is 0 Å². The summed E-state index contributed by atoms with van der Waals surface area (Å²) < 4.78 is 11.1. The van der Waals surface area contributed by atoms with E-state index in [9.17, 15) is 4.79 Å². The average Bonchev–Trinajstić information content (AvgIpc) is 2.56. The predicted octanol–water partition coefficient (Wildman–Crippen LogP) is 3.79. The van der Waals surface area contributed by atoms with Gasteiger partial charge in [0.25, 0.3) is 5.91 Å². The maximum atomic E-state index is 12.7. The molecule has 0 bridgehead atoms. The summed E-state index contributed by atoms with van der Waals surface area (Å²) in [5.74, 6) is 1.01. The quantitative estimate of drug-likeness (QED) is 0.776. The number of anilines is 1. The van der Waals surface area contributed by atoms with Gasteiger partial charge < -0.3 is 14.8 Å². The third kappa shape index (κ3) is 4.67. The van der Waals surface area contributed by atoms with Crippen LogP contribution in [0.25, 0.3) is 0 Å². The number of nitrogens with zero attached hydrogens (tertiary/aromatic N) is 1. The Hall–Kier alpha value is -1.62. The highest BCUT2D eigenvalue weighted by Gasteiger charge is 2.41.